The predicted molar refractivity (Wildman–Crippen MR) is 92.3 cm³/mol. The van der Waals surface area contributed by atoms with Crippen LogP contribution in [-0.4, -0.2) is 19.0 Å². The Balaban J connectivity index is 0.00000176. The fourth-order valence-corrected chi connectivity index (χ4v) is 2.76. The van der Waals surface area contributed by atoms with E-state index in [1.165, 1.54) is 0 Å². The summed E-state index contributed by atoms with van der Waals surface area (Å²) in [5, 5.41) is 3.28. The molecule has 4 heteroatoms. The molecule has 3 rings (SSSR count). The van der Waals surface area contributed by atoms with E-state index in [1.54, 1.807) is 0 Å². The lowest BCUT2D eigenvalue weighted by Gasteiger charge is -2.25. The molecule has 1 atom stereocenters. The molecule has 1 N–H and O–H groups in total. The number of nitrogens with zero attached hydrogens (tertiary/aromatic N) is 1. The van der Waals surface area contributed by atoms with Gasteiger partial charge in [-0.05, 0) is 30.7 Å². The Morgan fingerprint density at radius 3 is 2.27 bits per heavy atom. The number of benzene rings is 2. The number of carbonyl (C=O) groups excluding carboxylic acids is 1. The van der Waals surface area contributed by atoms with Crippen LogP contribution in [0.5, 0.6) is 0 Å². The van der Waals surface area contributed by atoms with Gasteiger partial charge < -0.3 is 10.2 Å². The SMILES string of the molecule is Cl.O=C(C1CCNC1)N(Cc1ccccc1)c1ccccc1. The minimum Gasteiger partial charge on any atom is -0.316 e. The van der Waals surface area contributed by atoms with Gasteiger partial charge in [-0.1, -0.05) is 48.5 Å². The molecule has 1 aliphatic rings. The van der Waals surface area contributed by atoms with Gasteiger partial charge in [0.25, 0.3) is 0 Å². The lowest BCUT2D eigenvalue weighted by Crippen LogP contribution is -2.36. The zero-order valence-electron chi connectivity index (χ0n) is 12.4. The van der Waals surface area contributed by atoms with Crippen molar-refractivity contribution in [2.45, 2.75) is 13.0 Å². The summed E-state index contributed by atoms with van der Waals surface area (Å²) in [5.41, 5.74) is 2.12. The highest BCUT2D eigenvalue weighted by Crippen LogP contribution is 2.21. The van der Waals surface area contributed by atoms with Gasteiger partial charge in [0.1, 0.15) is 0 Å². The monoisotopic (exact) mass is 316 g/mol. The first-order valence-electron chi connectivity index (χ1n) is 7.45. The maximum Gasteiger partial charge on any atom is 0.231 e. The standard InChI is InChI=1S/C18H20N2O.ClH/c21-18(16-11-12-19-13-16)20(17-9-5-2-6-10-17)14-15-7-3-1-4-8-15;/h1-10,16,19H,11-14H2;1H. The molecule has 1 fully saturated rings. The van der Waals surface area contributed by atoms with Crippen molar-refractivity contribution in [2.75, 3.05) is 18.0 Å². The largest absolute Gasteiger partial charge is 0.316 e. The number of hydrogen-bond acceptors (Lipinski definition) is 2. The van der Waals surface area contributed by atoms with Crippen LogP contribution >= 0.6 is 12.4 Å². The number of nitrogens with one attached hydrogen (secondary N) is 1. The van der Waals surface area contributed by atoms with Crippen molar-refractivity contribution in [3.05, 3.63) is 66.2 Å². The molecule has 2 aromatic carbocycles. The van der Waals surface area contributed by atoms with Crippen molar-refractivity contribution < 1.29 is 4.79 Å². The topological polar surface area (TPSA) is 32.3 Å². The minimum atomic E-state index is 0. The molecule has 1 aliphatic heterocycles. The highest BCUT2D eigenvalue weighted by atomic mass is 35.5. The van der Waals surface area contributed by atoms with Crippen LogP contribution in [0, 0.1) is 5.92 Å². The van der Waals surface area contributed by atoms with Crippen LogP contribution in [0.2, 0.25) is 0 Å². The predicted octanol–water partition coefficient (Wildman–Crippen LogP) is 3.25. The quantitative estimate of drug-likeness (QED) is 0.939. The fraction of sp³-hybridized carbons (Fsp3) is 0.278. The Kier molecular flexibility index (Phi) is 5.99. The van der Waals surface area contributed by atoms with E-state index in [2.05, 4.69) is 17.4 Å². The van der Waals surface area contributed by atoms with Gasteiger partial charge in [-0.15, -0.1) is 12.4 Å². The van der Waals surface area contributed by atoms with Gasteiger partial charge in [0, 0.05) is 12.2 Å². The molecule has 22 heavy (non-hydrogen) atoms. The first-order chi connectivity index (χ1) is 10.3. The lowest BCUT2D eigenvalue weighted by molar-refractivity contribution is -0.122. The Labute approximate surface area is 137 Å². The van der Waals surface area contributed by atoms with Crippen LogP contribution in [0.15, 0.2) is 60.7 Å². The van der Waals surface area contributed by atoms with Crippen LogP contribution in [0.4, 0.5) is 5.69 Å². The summed E-state index contributed by atoms with van der Waals surface area (Å²) >= 11 is 0. The summed E-state index contributed by atoms with van der Waals surface area (Å²) in [5.74, 6) is 0.309. The Morgan fingerprint density at radius 1 is 1.05 bits per heavy atom. The number of rotatable bonds is 4. The normalized spacial score (nSPS) is 16.8. The van der Waals surface area contributed by atoms with Crippen LogP contribution in [0.1, 0.15) is 12.0 Å². The van der Waals surface area contributed by atoms with E-state index in [9.17, 15) is 4.79 Å². The van der Waals surface area contributed by atoms with E-state index >= 15 is 0 Å². The highest BCUT2D eigenvalue weighted by molar-refractivity contribution is 5.95. The van der Waals surface area contributed by atoms with Gasteiger partial charge in [-0.3, -0.25) is 4.79 Å². The third-order valence-electron chi connectivity index (χ3n) is 3.93. The Bertz CT molecular complexity index is 583. The smallest absolute Gasteiger partial charge is 0.231 e. The van der Waals surface area contributed by atoms with Crippen molar-refractivity contribution in [1.29, 1.82) is 0 Å². The lowest BCUT2D eigenvalue weighted by atomic mass is 10.1. The van der Waals surface area contributed by atoms with Crippen molar-refractivity contribution in [3.8, 4) is 0 Å². The molecule has 0 aromatic heterocycles. The molecule has 0 spiro atoms. The molecule has 116 valence electrons. The molecule has 1 heterocycles. The number of halogens is 1. The van der Waals surface area contributed by atoms with Gasteiger partial charge in [-0.25, -0.2) is 0 Å². The van der Waals surface area contributed by atoms with E-state index in [1.807, 2.05) is 53.4 Å². The van der Waals surface area contributed by atoms with Crippen LogP contribution < -0.4 is 10.2 Å². The second kappa shape index (κ2) is 7.97. The molecule has 1 saturated heterocycles. The molecular formula is C18H21ClN2O. The number of para-hydroxylation sites is 1. The van der Waals surface area contributed by atoms with Gasteiger partial charge in [-0.2, -0.15) is 0 Å². The van der Waals surface area contributed by atoms with E-state index in [0.717, 1.165) is 30.8 Å². The molecule has 1 unspecified atom stereocenters. The van der Waals surface area contributed by atoms with Crippen molar-refractivity contribution >= 4 is 24.0 Å². The van der Waals surface area contributed by atoms with Crippen molar-refractivity contribution in [3.63, 3.8) is 0 Å². The molecule has 3 nitrogen and oxygen atoms in total. The third kappa shape index (κ3) is 3.87. The number of hydrogen-bond donors (Lipinski definition) is 1. The number of carbonyl (C=O) groups is 1. The first-order valence-corrected chi connectivity index (χ1v) is 7.45. The average Bonchev–Trinajstić information content (AvgIpc) is 3.08. The van der Waals surface area contributed by atoms with Crippen molar-refractivity contribution in [2.24, 2.45) is 5.92 Å². The van der Waals surface area contributed by atoms with E-state index < -0.39 is 0 Å². The van der Waals surface area contributed by atoms with Gasteiger partial charge in [0.2, 0.25) is 5.91 Å². The first kappa shape index (κ1) is 16.5. The van der Waals surface area contributed by atoms with E-state index in [-0.39, 0.29) is 24.2 Å². The zero-order chi connectivity index (χ0) is 14.5. The van der Waals surface area contributed by atoms with Crippen LogP contribution in [-0.2, 0) is 11.3 Å². The van der Waals surface area contributed by atoms with E-state index in [0.29, 0.717) is 6.54 Å². The van der Waals surface area contributed by atoms with Gasteiger partial charge in [0.15, 0.2) is 0 Å². The second-order valence-corrected chi connectivity index (χ2v) is 5.44. The number of amides is 1. The molecule has 0 aliphatic carbocycles. The summed E-state index contributed by atoms with van der Waals surface area (Å²) in [6.07, 6.45) is 0.928. The minimum absolute atomic E-state index is 0. The average molecular weight is 317 g/mol. The third-order valence-corrected chi connectivity index (χ3v) is 3.93. The van der Waals surface area contributed by atoms with Gasteiger partial charge >= 0.3 is 0 Å². The maximum absolute atomic E-state index is 12.8. The number of anilines is 1. The highest BCUT2D eigenvalue weighted by Gasteiger charge is 2.27. The molecule has 0 radical (unpaired) electrons. The molecule has 1 amide bonds. The fourth-order valence-electron chi connectivity index (χ4n) is 2.76. The summed E-state index contributed by atoms with van der Waals surface area (Å²) in [7, 11) is 0. The summed E-state index contributed by atoms with van der Waals surface area (Å²) in [6.45, 7) is 2.35. The Morgan fingerprint density at radius 2 is 1.68 bits per heavy atom. The van der Waals surface area contributed by atoms with E-state index in [4.69, 9.17) is 0 Å². The maximum atomic E-state index is 12.8. The summed E-state index contributed by atoms with van der Waals surface area (Å²) < 4.78 is 0. The van der Waals surface area contributed by atoms with Crippen molar-refractivity contribution in [1.82, 2.24) is 5.32 Å². The van der Waals surface area contributed by atoms with Crippen LogP contribution in [0.3, 0.4) is 0 Å². The molecular weight excluding hydrogens is 296 g/mol. The molecule has 0 bridgehead atoms. The zero-order valence-corrected chi connectivity index (χ0v) is 13.3. The second-order valence-electron chi connectivity index (χ2n) is 5.44. The van der Waals surface area contributed by atoms with Gasteiger partial charge in [0.05, 0.1) is 12.5 Å². The molecule has 2 aromatic rings. The Hall–Kier alpha value is -1.84. The summed E-state index contributed by atoms with van der Waals surface area (Å²) in [4.78, 5) is 14.7. The van der Waals surface area contributed by atoms with Crippen LogP contribution in [0.25, 0.3) is 0 Å². The summed E-state index contributed by atoms with van der Waals surface area (Å²) in [6, 6.07) is 20.1. The molecule has 0 saturated carbocycles.